The largest absolute Gasteiger partial charge is 0.508 e. The van der Waals surface area contributed by atoms with E-state index in [1.54, 1.807) is 52.9 Å². The maximum absolute atomic E-state index is 13.6. The highest BCUT2D eigenvalue weighted by atomic mass is 16.5. The molecule has 2 aromatic carbocycles. The van der Waals surface area contributed by atoms with Crippen LogP contribution in [0.3, 0.4) is 0 Å². The Kier molecular flexibility index (Phi) is 24.1. The van der Waals surface area contributed by atoms with Gasteiger partial charge in [0.05, 0.1) is 19.9 Å². The number of ketones is 1. The van der Waals surface area contributed by atoms with E-state index in [4.69, 9.17) is 14.2 Å². The summed E-state index contributed by atoms with van der Waals surface area (Å²) in [6.07, 6.45) is 33.2. The minimum atomic E-state index is -0.456. The van der Waals surface area contributed by atoms with Gasteiger partial charge in [-0.1, -0.05) is 121 Å². The second kappa shape index (κ2) is 31.1. The number of aliphatic hydroxyl groups excluding tert-OH is 1. The summed E-state index contributed by atoms with van der Waals surface area (Å²) in [5, 5.41) is 49.4. The topological polar surface area (TPSA) is 206 Å². The molecule has 3 aromatic rings. The molecular formula is C67H98N6O9. The highest BCUT2D eigenvalue weighted by Crippen LogP contribution is 2.67. The number of aliphatic hydroxyl groups is 1. The lowest BCUT2D eigenvalue weighted by Crippen LogP contribution is -2.51. The monoisotopic (exact) mass is 1130 g/mol. The molecule has 4 aliphatic rings. The molecular weight excluding hydrogens is 1030 g/mol. The van der Waals surface area contributed by atoms with Gasteiger partial charge in [0.15, 0.2) is 28.8 Å². The number of allylic oxidation sites excluding steroid dienone is 4. The first kappa shape index (κ1) is 63.6. The first-order chi connectivity index (χ1) is 39.5. The fraction of sp³-hybridized carbons (Fsp3) is 0.627. The summed E-state index contributed by atoms with van der Waals surface area (Å²) >= 11 is 0. The third-order valence-electron chi connectivity index (χ3n) is 19.1. The van der Waals surface area contributed by atoms with Gasteiger partial charge in [0.1, 0.15) is 19.0 Å². The van der Waals surface area contributed by atoms with Crippen molar-refractivity contribution in [1.29, 1.82) is 0 Å². The van der Waals surface area contributed by atoms with Crippen LogP contribution in [0.2, 0.25) is 0 Å². The lowest BCUT2D eigenvalue weighted by molar-refractivity contribution is -0.131. The Balaban J connectivity index is 0.710. The first-order valence-electron chi connectivity index (χ1n) is 31.0. The van der Waals surface area contributed by atoms with Gasteiger partial charge in [0, 0.05) is 43.9 Å². The van der Waals surface area contributed by atoms with Crippen molar-refractivity contribution in [2.45, 2.75) is 176 Å². The fourth-order valence-corrected chi connectivity index (χ4v) is 14.5. The standard InChI is InChI=1S/C67H98N6O9/c1-46(2)17-16-18-47(3)55-25-26-56-53-24-23-50-41-51(31-33-66(50,4)57(53)32-34-67(55,56)5)68-35-12-8-9-13-36-69-64(78)44-82-45-65(79)70-37-14-10-11-15-38-73-43-52(71-72-73)42-54(58(74)27-19-48-21-29-60(76)62(39-48)80-6)59(75)28-20-49-22-30-61(77)63(40-49)81-7/h19-23,27-30,39-40,43,46-47,51,53,55-57,68,74,76-77H,8-18,24-26,31-38,41-42,44-45H2,1-7H3,(H,69,78)(H,70,79)/b27-19+,28-20+,58-54?/t47-,51+,53+,55-,56+,57+,66+,67-/m1/s1. The van der Waals surface area contributed by atoms with Crippen molar-refractivity contribution in [3.8, 4) is 23.0 Å². The molecule has 0 bridgehead atoms. The number of carbonyl (C=O) groups excluding carboxylic acids is 3. The molecule has 1 heterocycles. The van der Waals surface area contributed by atoms with Crippen molar-refractivity contribution in [2.75, 3.05) is 47.1 Å². The smallest absolute Gasteiger partial charge is 0.246 e. The molecule has 3 fully saturated rings. The molecule has 0 radical (unpaired) electrons. The zero-order valence-electron chi connectivity index (χ0n) is 50.5. The number of hydrogen-bond donors (Lipinski definition) is 6. The van der Waals surface area contributed by atoms with Crippen molar-refractivity contribution in [3.63, 3.8) is 0 Å². The van der Waals surface area contributed by atoms with Gasteiger partial charge < -0.3 is 45.5 Å². The second-order valence-electron chi connectivity index (χ2n) is 25.1. The lowest BCUT2D eigenvalue weighted by Gasteiger charge is -2.58. The Hall–Kier alpha value is -5.93. The number of methoxy groups -OCH3 is 2. The van der Waals surface area contributed by atoms with E-state index in [0.29, 0.717) is 53.3 Å². The van der Waals surface area contributed by atoms with Crippen LogP contribution < -0.4 is 25.4 Å². The molecule has 2 amide bonds. The normalized spacial score (nSPS) is 23.9. The van der Waals surface area contributed by atoms with Crippen molar-refractivity contribution in [3.05, 3.63) is 94.5 Å². The quantitative estimate of drug-likeness (QED) is 0.0111. The molecule has 3 saturated carbocycles. The molecule has 6 N–H and O–H groups in total. The maximum Gasteiger partial charge on any atom is 0.246 e. The summed E-state index contributed by atoms with van der Waals surface area (Å²) in [6, 6.07) is 10.0. The number of ether oxygens (including phenoxy) is 3. The summed E-state index contributed by atoms with van der Waals surface area (Å²) in [6.45, 7) is 15.1. The predicted octanol–water partition coefficient (Wildman–Crippen LogP) is 12.4. The molecule has 15 heteroatoms. The van der Waals surface area contributed by atoms with Crippen molar-refractivity contribution >= 4 is 29.7 Å². The van der Waals surface area contributed by atoms with E-state index >= 15 is 0 Å². The van der Waals surface area contributed by atoms with Crippen LogP contribution in [0.5, 0.6) is 23.0 Å². The first-order valence-corrected chi connectivity index (χ1v) is 31.0. The maximum atomic E-state index is 13.6. The number of aromatic nitrogens is 3. The number of amides is 2. The summed E-state index contributed by atoms with van der Waals surface area (Å²) in [7, 11) is 2.88. The number of benzene rings is 2. The van der Waals surface area contributed by atoms with Crippen molar-refractivity contribution in [1.82, 2.24) is 30.9 Å². The molecule has 8 atom stereocenters. The van der Waals surface area contributed by atoms with Gasteiger partial charge in [-0.05, 0) is 177 Å². The van der Waals surface area contributed by atoms with Gasteiger partial charge in [0.2, 0.25) is 11.8 Å². The molecule has 0 aliphatic heterocycles. The molecule has 0 saturated heterocycles. The van der Waals surface area contributed by atoms with E-state index in [1.165, 1.54) is 109 Å². The Labute approximate surface area is 489 Å². The number of phenolic OH excluding ortho intramolecular Hbond substituents is 2. The average molecular weight is 1130 g/mol. The van der Waals surface area contributed by atoms with Gasteiger partial charge in [0.25, 0.3) is 0 Å². The van der Waals surface area contributed by atoms with E-state index in [2.05, 4.69) is 67.0 Å². The molecule has 1 aromatic heterocycles. The van der Waals surface area contributed by atoms with Gasteiger partial charge in [-0.2, -0.15) is 0 Å². The summed E-state index contributed by atoms with van der Waals surface area (Å²) in [5.74, 6) is 4.54. The number of carbonyl (C=O) groups is 3. The Morgan fingerprint density at radius 3 is 2.04 bits per heavy atom. The molecule has 15 nitrogen and oxygen atoms in total. The minimum absolute atomic E-state index is 0.00227. The van der Waals surface area contributed by atoms with Crippen LogP contribution in [0.25, 0.3) is 12.2 Å². The van der Waals surface area contributed by atoms with Gasteiger partial charge in [-0.15, -0.1) is 5.10 Å². The number of aromatic hydroxyl groups is 2. The highest BCUT2D eigenvalue weighted by Gasteiger charge is 2.59. The van der Waals surface area contributed by atoms with Crippen LogP contribution in [0, 0.1) is 46.3 Å². The van der Waals surface area contributed by atoms with Crippen LogP contribution in [0.1, 0.15) is 173 Å². The number of unbranched alkanes of at least 4 members (excludes halogenated alkanes) is 6. The van der Waals surface area contributed by atoms with E-state index in [9.17, 15) is 29.7 Å². The zero-order valence-corrected chi connectivity index (χ0v) is 50.5. The number of rotatable bonds is 33. The summed E-state index contributed by atoms with van der Waals surface area (Å²) in [4.78, 5) is 38.4. The van der Waals surface area contributed by atoms with E-state index in [-0.39, 0.29) is 65.8 Å². The number of hydrogen-bond acceptors (Lipinski definition) is 12. The van der Waals surface area contributed by atoms with Gasteiger partial charge in [-0.25, -0.2) is 0 Å². The molecule has 0 spiro atoms. The lowest BCUT2D eigenvalue weighted by atomic mass is 9.47. The number of nitrogens with zero attached hydrogens (tertiary/aromatic N) is 3. The van der Waals surface area contributed by atoms with Crippen LogP contribution in [0.4, 0.5) is 0 Å². The Bertz CT molecular complexity index is 2690. The molecule has 7 rings (SSSR count). The average Bonchev–Trinajstić information content (AvgIpc) is 1.81. The number of fused-ring (bicyclic) bond motifs is 5. The highest BCUT2D eigenvalue weighted by molar-refractivity contribution is 6.07. The summed E-state index contributed by atoms with van der Waals surface area (Å²) in [5.41, 5.74) is 4.51. The van der Waals surface area contributed by atoms with Gasteiger partial charge in [-0.3, -0.25) is 19.1 Å². The molecule has 4 aliphatic carbocycles. The Morgan fingerprint density at radius 2 is 1.39 bits per heavy atom. The zero-order chi connectivity index (χ0) is 58.7. The predicted molar refractivity (Wildman–Crippen MR) is 324 cm³/mol. The van der Waals surface area contributed by atoms with E-state index in [1.807, 2.05) is 0 Å². The minimum Gasteiger partial charge on any atom is -0.508 e. The van der Waals surface area contributed by atoms with Crippen LogP contribution >= 0.6 is 0 Å². The van der Waals surface area contributed by atoms with Crippen LogP contribution in [0.15, 0.2) is 77.7 Å². The third kappa shape index (κ3) is 17.6. The number of phenols is 2. The number of nitrogens with one attached hydrogen (secondary N) is 3. The Morgan fingerprint density at radius 1 is 0.756 bits per heavy atom. The molecule has 450 valence electrons. The van der Waals surface area contributed by atoms with Gasteiger partial charge >= 0.3 is 0 Å². The second-order valence-corrected chi connectivity index (χ2v) is 25.1. The molecule has 82 heavy (non-hydrogen) atoms. The molecule has 0 unspecified atom stereocenters. The van der Waals surface area contributed by atoms with Crippen LogP contribution in [-0.2, 0) is 32.1 Å². The fourth-order valence-electron chi connectivity index (χ4n) is 14.5. The van der Waals surface area contributed by atoms with E-state index < -0.39 is 5.78 Å². The van der Waals surface area contributed by atoms with Crippen LogP contribution in [-0.4, -0.2) is 101 Å². The van der Waals surface area contributed by atoms with E-state index in [0.717, 1.165) is 93.4 Å². The third-order valence-corrected chi connectivity index (χ3v) is 19.1. The van der Waals surface area contributed by atoms with Crippen molar-refractivity contribution in [2.24, 2.45) is 46.3 Å². The summed E-state index contributed by atoms with van der Waals surface area (Å²) < 4.78 is 17.5. The van der Waals surface area contributed by atoms with Crippen molar-refractivity contribution < 1.29 is 43.9 Å². The SMILES string of the molecule is COc1cc(/C=C/C(=O)C(Cc2cn(CCCCCCNC(=O)COCC(=O)NCCCCCCN[C@H]3CC[C@@]4(C)C(=CC[C@H]5[C@@H]6CC[C@H]([C@H](C)CCCC(C)C)[C@@]6(C)CC[C@@H]54)C3)nn2)=C(O)/C=C/c2ccc(O)c(OC)c2)ccc1O. The number of aryl methyl sites for hydroxylation is 1.